The standard InChI is InChI=1S/C17H19N2.V/c1-2-3-7-10-19-16-11-17(19)14-18(13-16)12-15-8-5-4-6-9-15;/h1-9,16-17H,11-14H2;/q-1;/b3-2-;. The normalized spacial score (nSPS) is 26.1. The number of allylic oxidation sites excluding steroid dienone is 3. The van der Waals surface area contributed by atoms with Crippen molar-refractivity contribution in [2.45, 2.75) is 25.0 Å². The predicted octanol–water partition coefficient (Wildman–Crippen LogP) is 2.17. The molecule has 0 saturated carbocycles. The summed E-state index contributed by atoms with van der Waals surface area (Å²) in [6, 6.07) is 12.1. The van der Waals surface area contributed by atoms with Gasteiger partial charge >= 0.3 is 112 Å². The van der Waals surface area contributed by atoms with Gasteiger partial charge < -0.3 is 0 Å². The number of fused-ring (bicyclic) bond motifs is 2. The van der Waals surface area contributed by atoms with E-state index in [9.17, 15) is 0 Å². The van der Waals surface area contributed by atoms with Crippen LogP contribution in [-0.2, 0) is 23.5 Å². The first-order valence-electron chi connectivity index (χ1n) is 7.13. The molecule has 1 aromatic rings. The first kappa shape index (κ1) is 13.9. The molecule has 2 atom stereocenters. The second-order valence-electron chi connectivity index (χ2n) is 5.46. The van der Waals surface area contributed by atoms with Gasteiger partial charge in [0.05, 0.1) is 0 Å². The Kier molecular flexibility index (Phi) is 4.56. The molecule has 0 N–H and O–H groups in total. The fourth-order valence-electron chi connectivity index (χ4n) is 3.11. The Labute approximate surface area is 130 Å². The number of piperazine rings is 1. The summed E-state index contributed by atoms with van der Waals surface area (Å²) in [5.74, 6) is 0. The summed E-state index contributed by atoms with van der Waals surface area (Å²) in [5, 5.41) is 0. The molecule has 3 heterocycles. The van der Waals surface area contributed by atoms with Crippen LogP contribution in [0.3, 0.4) is 0 Å². The molecule has 0 radical (unpaired) electrons. The van der Waals surface area contributed by atoms with Crippen LogP contribution in [0.15, 0.2) is 48.6 Å². The summed E-state index contributed by atoms with van der Waals surface area (Å²) in [6.07, 6.45) is 10.8. The molecule has 3 aliphatic heterocycles. The fourth-order valence-corrected chi connectivity index (χ4v) is 3.27. The third kappa shape index (κ3) is 3.14. The van der Waals surface area contributed by atoms with Gasteiger partial charge in [-0.25, -0.2) is 0 Å². The van der Waals surface area contributed by atoms with E-state index in [1.807, 2.05) is 23.0 Å². The van der Waals surface area contributed by atoms with Crippen molar-refractivity contribution in [3.05, 3.63) is 60.3 Å². The molecule has 3 heteroatoms. The van der Waals surface area contributed by atoms with E-state index in [4.69, 9.17) is 0 Å². The summed E-state index contributed by atoms with van der Waals surface area (Å²) in [6.45, 7) is 3.40. The molecule has 1 aromatic carbocycles. The van der Waals surface area contributed by atoms with Crippen molar-refractivity contribution in [2.24, 2.45) is 0 Å². The molecular weight excluding hydrogens is 283 g/mol. The molecule has 2 nitrogen and oxygen atoms in total. The van der Waals surface area contributed by atoms with Crippen LogP contribution < -0.4 is 0 Å². The van der Waals surface area contributed by atoms with Crippen LogP contribution in [0.25, 0.3) is 0 Å². The molecule has 3 aliphatic rings. The molecular formula is C17H19N2V-. The van der Waals surface area contributed by atoms with Gasteiger partial charge in [0.15, 0.2) is 0 Å². The number of nitrogens with zero attached hydrogens (tertiary/aromatic N) is 2. The van der Waals surface area contributed by atoms with Crippen molar-refractivity contribution in [3.63, 3.8) is 0 Å². The van der Waals surface area contributed by atoms with Crippen LogP contribution in [0.2, 0.25) is 0 Å². The van der Waals surface area contributed by atoms with Gasteiger partial charge in [-0.05, 0) is 0 Å². The van der Waals surface area contributed by atoms with E-state index in [1.54, 1.807) is 0 Å². The monoisotopic (exact) mass is 302 g/mol. The van der Waals surface area contributed by atoms with E-state index < -0.39 is 0 Å². The van der Waals surface area contributed by atoms with E-state index in [2.05, 4.69) is 63.3 Å². The zero-order chi connectivity index (χ0) is 13.8. The van der Waals surface area contributed by atoms with Crippen molar-refractivity contribution in [1.82, 2.24) is 9.80 Å². The van der Waals surface area contributed by atoms with Gasteiger partial charge in [0.1, 0.15) is 0 Å². The van der Waals surface area contributed by atoms with Crippen molar-refractivity contribution in [1.29, 1.82) is 0 Å². The zero-order valence-electron chi connectivity index (χ0n) is 11.5. The van der Waals surface area contributed by atoms with Crippen molar-refractivity contribution < 1.29 is 17.0 Å². The number of hydrogen-bond acceptors (Lipinski definition) is 2. The Morgan fingerprint density at radius 2 is 1.90 bits per heavy atom. The van der Waals surface area contributed by atoms with E-state index in [-0.39, 0.29) is 0 Å². The van der Waals surface area contributed by atoms with Crippen LogP contribution in [0.5, 0.6) is 0 Å². The average Bonchev–Trinajstić information content (AvgIpc) is 2.48. The molecule has 4 rings (SSSR count). The molecule has 0 spiro atoms. The second-order valence-corrected chi connectivity index (χ2v) is 5.93. The number of hydrogen-bond donors (Lipinski definition) is 0. The maximum absolute atomic E-state index is 3.41. The Morgan fingerprint density at radius 3 is 2.60 bits per heavy atom. The quantitative estimate of drug-likeness (QED) is 0.607. The van der Waals surface area contributed by atoms with Crippen LogP contribution in [0, 0.1) is 6.20 Å². The average molecular weight is 302 g/mol. The van der Waals surface area contributed by atoms with Crippen LogP contribution in [0.4, 0.5) is 0 Å². The Bertz CT molecular complexity index is 497. The van der Waals surface area contributed by atoms with Gasteiger partial charge in [0.25, 0.3) is 0 Å². The summed E-state index contributed by atoms with van der Waals surface area (Å²) >= 11 is 2.44. The van der Waals surface area contributed by atoms with E-state index in [0.717, 1.165) is 19.6 Å². The van der Waals surface area contributed by atoms with Gasteiger partial charge in [0, 0.05) is 0 Å². The number of rotatable bonds is 5. The molecule has 103 valence electrons. The molecule has 2 bridgehead atoms. The number of benzene rings is 1. The maximum atomic E-state index is 3.41. The van der Waals surface area contributed by atoms with Crippen LogP contribution in [0.1, 0.15) is 12.0 Å². The molecule has 3 fully saturated rings. The van der Waals surface area contributed by atoms with Crippen molar-refractivity contribution >= 4 is 4.73 Å². The molecule has 3 saturated heterocycles. The minimum atomic E-state index is 0.656. The fraction of sp³-hybridized carbons (Fsp3) is 0.353. The van der Waals surface area contributed by atoms with E-state index >= 15 is 0 Å². The summed E-state index contributed by atoms with van der Waals surface area (Å²) in [5.41, 5.74) is 1.42. The van der Waals surface area contributed by atoms with Crippen molar-refractivity contribution in [3.8, 4) is 0 Å². The molecule has 20 heavy (non-hydrogen) atoms. The summed E-state index contributed by atoms with van der Waals surface area (Å²) < 4.78 is 1.98. The van der Waals surface area contributed by atoms with Gasteiger partial charge in [0.2, 0.25) is 0 Å². The number of piperidine rings is 1. The molecule has 0 aromatic heterocycles. The van der Waals surface area contributed by atoms with Gasteiger partial charge in [-0.2, -0.15) is 0 Å². The van der Waals surface area contributed by atoms with Crippen LogP contribution >= 0.6 is 0 Å². The predicted molar refractivity (Wildman–Crippen MR) is 78.8 cm³/mol. The Hall–Kier alpha value is -1.09. The van der Waals surface area contributed by atoms with Gasteiger partial charge in [-0.1, -0.05) is 18.2 Å². The third-order valence-electron chi connectivity index (χ3n) is 4.03. The van der Waals surface area contributed by atoms with E-state index in [1.165, 1.54) is 12.0 Å². The molecule has 0 amide bonds. The van der Waals surface area contributed by atoms with Crippen molar-refractivity contribution in [2.75, 3.05) is 13.1 Å². The second kappa shape index (κ2) is 6.58. The first-order chi connectivity index (χ1) is 9.86. The molecule has 2 unspecified atom stereocenters. The van der Waals surface area contributed by atoms with E-state index in [0.29, 0.717) is 12.1 Å². The Balaban J connectivity index is 1.53. The Morgan fingerprint density at radius 1 is 1.15 bits per heavy atom. The van der Waals surface area contributed by atoms with Crippen LogP contribution in [-0.4, -0.2) is 39.7 Å². The minimum absolute atomic E-state index is 0.656. The van der Waals surface area contributed by atoms with Gasteiger partial charge in [-0.3, -0.25) is 0 Å². The third-order valence-corrected chi connectivity index (χ3v) is 4.30. The zero-order valence-corrected chi connectivity index (χ0v) is 12.9. The molecule has 0 aliphatic carbocycles. The SMILES string of the molecule is [V]=[CH]/C=C\C=[C-]N1C2CC1CN(Cc1ccccc1)C2. The van der Waals surface area contributed by atoms with Gasteiger partial charge in [-0.15, -0.1) is 0 Å². The first-order valence-corrected chi connectivity index (χ1v) is 7.94. The summed E-state index contributed by atoms with van der Waals surface area (Å²) in [4.78, 5) is 4.97. The topological polar surface area (TPSA) is 6.48 Å². The summed E-state index contributed by atoms with van der Waals surface area (Å²) in [7, 11) is 0.